The van der Waals surface area contributed by atoms with Crippen LogP contribution in [0.4, 0.5) is 10.8 Å². The summed E-state index contributed by atoms with van der Waals surface area (Å²) in [7, 11) is 0. The average Bonchev–Trinajstić information content (AvgIpc) is 3.05. The van der Waals surface area contributed by atoms with E-state index in [2.05, 4.69) is 14.6 Å². The fraction of sp³-hybridized carbons (Fsp3) is 0.769. The molecular weight excluding hydrogens is 276 g/mol. The Balaban J connectivity index is 1.54. The molecule has 0 saturated carbocycles. The summed E-state index contributed by atoms with van der Waals surface area (Å²) >= 11 is 1.34. The minimum absolute atomic E-state index is 0.224. The van der Waals surface area contributed by atoms with Gasteiger partial charge in [-0.1, -0.05) is 0 Å². The lowest BCUT2D eigenvalue weighted by molar-refractivity contribution is -0.0415. The van der Waals surface area contributed by atoms with Crippen molar-refractivity contribution in [3.8, 4) is 5.75 Å². The molecule has 2 aliphatic rings. The SMILES string of the molecule is CCOc1c(N)nsc1NCC1CN2CCCC2CO1. The van der Waals surface area contributed by atoms with Gasteiger partial charge in [0, 0.05) is 19.1 Å². The van der Waals surface area contributed by atoms with Crippen molar-refractivity contribution in [3.05, 3.63) is 0 Å². The van der Waals surface area contributed by atoms with E-state index in [1.165, 1.54) is 30.9 Å². The van der Waals surface area contributed by atoms with Crippen molar-refractivity contribution in [1.29, 1.82) is 0 Å². The molecule has 2 unspecified atom stereocenters. The van der Waals surface area contributed by atoms with Crippen LogP contribution in [0.25, 0.3) is 0 Å². The number of nitrogens with zero attached hydrogens (tertiary/aromatic N) is 2. The van der Waals surface area contributed by atoms with Gasteiger partial charge in [-0.3, -0.25) is 4.90 Å². The van der Waals surface area contributed by atoms with Crippen LogP contribution in [-0.4, -0.2) is 54.3 Å². The van der Waals surface area contributed by atoms with Crippen molar-refractivity contribution >= 4 is 22.4 Å². The van der Waals surface area contributed by atoms with Gasteiger partial charge in [-0.2, -0.15) is 4.37 Å². The van der Waals surface area contributed by atoms with Gasteiger partial charge in [-0.15, -0.1) is 0 Å². The lowest BCUT2D eigenvalue weighted by Gasteiger charge is -2.35. The minimum atomic E-state index is 0.224. The molecular formula is C13H22N4O2S. The van der Waals surface area contributed by atoms with Crippen molar-refractivity contribution in [1.82, 2.24) is 9.27 Å². The number of hydrogen-bond donors (Lipinski definition) is 2. The van der Waals surface area contributed by atoms with E-state index in [1.54, 1.807) is 0 Å². The van der Waals surface area contributed by atoms with Crippen molar-refractivity contribution in [2.24, 2.45) is 0 Å². The lowest BCUT2D eigenvalue weighted by atomic mass is 10.2. The summed E-state index contributed by atoms with van der Waals surface area (Å²) in [6.45, 7) is 6.38. The molecule has 0 amide bonds. The summed E-state index contributed by atoms with van der Waals surface area (Å²) in [4.78, 5) is 2.54. The van der Waals surface area contributed by atoms with E-state index >= 15 is 0 Å². The summed E-state index contributed by atoms with van der Waals surface area (Å²) in [6, 6.07) is 0.643. The van der Waals surface area contributed by atoms with Gasteiger partial charge in [0.25, 0.3) is 0 Å². The van der Waals surface area contributed by atoms with Crippen molar-refractivity contribution < 1.29 is 9.47 Å². The molecule has 0 aromatic carbocycles. The molecule has 2 atom stereocenters. The van der Waals surface area contributed by atoms with Crippen LogP contribution in [0.1, 0.15) is 19.8 Å². The molecule has 3 N–H and O–H groups in total. The summed E-state index contributed by atoms with van der Waals surface area (Å²) in [6.07, 6.45) is 2.80. The minimum Gasteiger partial charge on any atom is -0.487 e. The first kappa shape index (κ1) is 13.9. The third kappa shape index (κ3) is 2.84. The first-order chi connectivity index (χ1) is 9.78. The van der Waals surface area contributed by atoms with E-state index in [9.17, 15) is 0 Å². The first-order valence-corrected chi connectivity index (χ1v) is 8.02. The van der Waals surface area contributed by atoms with E-state index in [-0.39, 0.29) is 6.10 Å². The smallest absolute Gasteiger partial charge is 0.197 e. The molecule has 3 heterocycles. The maximum atomic E-state index is 5.93. The second-order valence-corrected chi connectivity index (χ2v) is 6.06. The quantitative estimate of drug-likeness (QED) is 0.856. The Labute approximate surface area is 123 Å². The Kier molecular flexibility index (Phi) is 4.28. The number of morpholine rings is 1. The number of nitrogens with one attached hydrogen (secondary N) is 1. The van der Waals surface area contributed by atoms with Crippen LogP contribution in [0.15, 0.2) is 0 Å². The van der Waals surface area contributed by atoms with Crippen LogP contribution in [0.2, 0.25) is 0 Å². The number of rotatable bonds is 5. The van der Waals surface area contributed by atoms with Gasteiger partial charge in [0.05, 0.1) is 19.3 Å². The average molecular weight is 298 g/mol. The normalized spacial score (nSPS) is 26.4. The van der Waals surface area contributed by atoms with Crippen LogP contribution in [0.3, 0.4) is 0 Å². The predicted molar refractivity (Wildman–Crippen MR) is 80.5 cm³/mol. The standard InChI is InChI=1S/C13H22N4O2S/c1-2-18-11-12(14)16-20-13(11)15-6-10-7-17-5-3-4-9(17)8-19-10/h9-10,15H,2-8H2,1H3,(H2,14,16). The molecule has 7 heteroatoms. The lowest BCUT2D eigenvalue weighted by Crippen LogP contribution is -2.48. The highest BCUT2D eigenvalue weighted by molar-refractivity contribution is 7.11. The highest BCUT2D eigenvalue weighted by Gasteiger charge is 2.32. The number of anilines is 2. The summed E-state index contributed by atoms with van der Waals surface area (Å²) in [5.74, 6) is 1.14. The first-order valence-electron chi connectivity index (χ1n) is 7.25. The fourth-order valence-electron chi connectivity index (χ4n) is 2.91. The van der Waals surface area contributed by atoms with E-state index < -0.39 is 0 Å². The van der Waals surface area contributed by atoms with Gasteiger partial charge in [0.2, 0.25) is 0 Å². The van der Waals surface area contributed by atoms with Gasteiger partial charge in [-0.05, 0) is 37.8 Å². The molecule has 1 aromatic rings. The molecule has 2 fully saturated rings. The summed E-state index contributed by atoms with van der Waals surface area (Å²) in [5.41, 5.74) is 5.80. The highest BCUT2D eigenvalue weighted by Crippen LogP contribution is 2.35. The topological polar surface area (TPSA) is 72.6 Å². The second kappa shape index (κ2) is 6.15. The van der Waals surface area contributed by atoms with E-state index in [0.29, 0.717) is 24.2 Å². The van der Waals surface area contributed by atoms with Gasteiger partial charge in [-0.25, -0.2) is 0 Å². The van der Waals surface area contributed by atoms with Crippen molar-refractivity contribution in [3.63, 3.8) is 0 Å². The monoisotopic (exact) mass is 298 g/mol. The molecule has 0 bridgehead atoms. The summed E-state index contributed by atoms with van der Waals surface area (Å²) in [5, 5.41) is 4.27. The Bertz CT molecular complexity index is 454. The molecule has 2 saturated heterocycles. The van der Waals surface area contributed by atoms with Crippen LogP contribution in [-0.2, 0) is 4.74 Å². The maximum Gasteiger partial charge on any atom is 0.197 e. The Morgan fingerprint density at radius 1 is 1.60 bits per heavy atom. The predicted octanol–water partition coefficient (Wildman–Crippen LogP) is 1.40. The fourth-order valence-corrected chi connectivity index (χ4v) is 3.57. The largest absolute Gasteiger partial charge is 0.487 e. The molecule has 0 aliphatic carbocycles. The van der Waals surface area contributed by atoms with Crippen molar-refractivity contribution in [2.75, 3.05) is 43.9 Å². The number of nitrogen functional groups attached to an aromatic ring is 1. The Morgan fingerprint density at radius 3 is 3.35 bits per heavy atom. The van der Waals surface area contributed by atoms with Crippen LogP contribution in [0, 0.1) is 0 Å². The molecule has 3 rings (SSSR count). The maximum absolute atomic E-state index is 5.93. The van der Waals surface area contributed by atoms with Crippen molar-refractivity contribution in [2.45, 2.75) is 31.9 Å². The third-order valence-electron chi connectivity index (χ3n) is 3.91. The number of ether oxygens (including phenoxy) is 2. The molecule has 112 valence electrons. The van der Waals surface area contributed by atoms with Crippen LogP contribution < -0.4 is 15.8 Å². The Hall–Kier alpha value is -1.05. The molecule has 0 radical (unpaired) electrons. The molecule has 0 spiro atoms. The van der Waals surface area contributed by atoms with Gasteiger partial charge in [0.15, 0.2) is 16.6 Å². The van der Waals surface area contributed by atoms with Crippen LogP contribution in [0.5, 0.6) is 5.75 Å². The highest BCUT2D eigenvalue weighted by atomic mass is 32.1. The van der Waals surface area contributed by atoms with Gasteiger partial charge in [0.1, 0.15) is 0 Å². The summed E-state index contributed by atoms with van der Waals surface area (Å²) < 4.78 is 15.6. The molecule has 20 heavy (non-hydrogen) atoms. The van der Waals surface area contributed by atoms with Crippen LogP contribution >= 0.6 is 11.5 Å². The third-order valence-corrected chi connectivity index (χ3v) is 4.71. The number of nitrogens with two attached hydrogens (primary N) is 1. The van der Waals surface area contributed by atoms with E-state index in [0.717, 1.165) is 24.7 Å². The molecule has 6 nitrogen and oxygen atoms in total. The van der Waals surface area contributed by atoms with Gasteiger partial charge < -0.3 is 20.5 Å². The van der Waals surface area contributed by atoms with E-state index in [4.69, 9.17) is 15.2 Å². The zero-order chi connectivity index (χ0) is 13.9. The number of hydrogen-bond acceptors (Lipinski definition) is 7. The number of fused-ring (bicyclic) bond motifs is 1. The Morgan fingerprint density at radius 2 is 2.50 bits per heavy atom. The second-order valence-electron chi connectivity index (χ2n) is 5.29. The van der Waals surface area contributed by atoms with E-state index in [1.807, 2.05) is 6.92 Å². The zero-order valence-electron chi connectivity index (χ0n) is 11.8. The molecule has 1 aromatic heterocycles. The van der Waals surface area contributed by atoms with Gasteiger partial charge >= 0.3 is 0 Å². The zero-order valence-corrected chi connectivity index (χ0v) is 12.6. The molecule has 2 aliphatic heterocycles. The number of aromatic nitrogens is 1.